The number of urea groups is 1. The maximum Gasteiger partial charge on any atom is 0.322 e. The molecule has 1 aromatic carbocycles. The van der Waals surface area contributed by atoms with Gasteiger partial charge in [0, 0.05) is 12.1 Å². The SMILES string of the molecule is CCN(C(=O)Nc1ccccc1OC)C(C)(C)C. The van der Waals surface area contributed by atoms with Crippen molar-refractivity contribution in [3.05, 3.63) is 24.3 Å². The third kappa shape index (κ3) is 3.39. The average Bonchev–Trinajstić information content (AvgIpc) is 2.28. The molecule has 4 nitrogen and oxygen atoms in total. The van der Waals surface area contributed by atoms with Crippen molar-refractivity contribution in [1.29, 1.82) is 0 Å². The molecule has 0 saturated heterocycles. The summed E-state index contributed by atoms with van der Waals surface area (Å²) < 4.78 is 5.21. The van der Waals surface area contributed by atoms with Gasteiger partial charge in [-0.2, -0.15) is 0 Å². The average molecular weight is 250 g/mol. The molecule has 0 heterocycles. The Hall–Kier alpha value is -1.71. The van der Waals surface area contributed by atoms with Gasteiger partial charge >= 0.3 is 6.03 Å². The molecule has 0 atom stereocenters. The van der Waals surface area contributed by atoms with E-state index in [9.17, 15) is 4.79 Å². The fourth-order valence-corrected chi connectivity index (χ4v) is 1.85. The van der Waals surface area contributed by atoms with Crippen LogP contribution in [0.2, 0.25) is 0 Å². The summed E-state index contributed by atoms with van der Waals surface area (Å²) >= 11 is 0. The number of carbonyl (C=O) groups excluding carboxylic acids is 1. The monoisotopic (exact) mass is 250 g/mol. The third-order valence-corrected chi connectivity index (χ3v) is 2.72. The Morgan fingerprint density at radius 2 is 1.94 bits per heavy atom. The lowest BCUT2D eigenvalue weighted by Crippen LogP contribution is -2.47. The second kappa shape index (κ2) is 5.76. The molecular formula is C14H22N2O2. The summed E-state index contributed by atoms with van der Waals surface area (Å²) in [7, 11) is 1.59. The van der Waals surface area contributed by atoms with Crippen LogP contribution in [0.5, 0.6) is 5.75 Å². The number of amides is 2. The highest BCUT2D eigenvalue weighted by atomic mass is 16.5. The maximum atomic E-state index is 12.2. The highest BCUT2D eigenvalue weighted by molar-refractivity contribution is 5.91. The number of ether oxygens (including phenoxy) is 1. The summed E-state index contributed by atoms with van der Waals surface area (Å²) in [5.41, 5.74) is 0.480. The summed E-state index contributed by atoms with van der Waals surface area (Å²) in [4.78, 5) is 14.0. The summed E-state index contributed by atoms with van der Waals surface area (Å²) in [6.45, 7) is 8.66. The Bertz CT molecular complexity index is 411. The number of hydrogen-bond donors (Lipinski definition) is 1. The molecule has 0 aliphatic heterocycles. The van der Waals surface area contributed by atoms with Gasteiger partial charge in [-0.15, -0.1) is 0 Å². The Kier molecular flexibility index (Phi) is 4.59. The second-order valence-corrected chi connectivity index (χ2v) is 5.05. The van der Waals surface area contributed by atoms with Crippen molar-refractivity contribution in [3.8, 4) is 5.75 Å². The van der Waals surface area contributed by atoms with Crippen LogP contribution in [-0.4, -0.2) is 30.1 Å². The first kappa shape index (κ1) is 14.4. The lowest BCUT2D eigenvalue weighted by atomic mass is 10.1. The number of carbonyl (C=O) groups is 1. The molecule has 18 heavy (non-hydrogen) atoms. The number of para-hydroxylation sites is 2. The van der Waals surface area contributed by atoms with Crippen molar-refractivity contribution in [1.82, 2.24) is 4.90 Å². The predicted octanol–water partition coefficient (Wildman–Crippen LogP) is 3.35. The van der Waals surface area contributed by atoms with E-state index >= 15 is 0 Å². The van der Waals surface area contributed by atoms with Crippen LogP contribution in [0.3, 0.4) is 0 Å². The Morgan fingerprint density at radius 1 is 1.33 bits per heavy atom. The van der Waals surface area contributed by atoms with Gasteiger partial charge in [-0.1, -0.05) is 12.1 Å². The molecule has 100 valence electrons. The summed E-state index contributed by atoms with van der Waals surface area (Å²) in [6, 6.07) is 7.27. The van der Waals surface area contributed by atoms with Crippen molar-refractivity contribution in [3.63, 3.8) is 0 Å². The van der Waals surface area contributed by atoms with Crippen molar-refractivity contribution in [2.45, 2.75) is 33.2 Å². The van der Waals surface area contributed by atoms with Crippen LogP contribution in [-0.2, 0) is 0 Å². The fraction of sp³-hybridized carbons (Fsp3) is 0.500. The molecular weight excluding hydrogens is 228 g/mol. The quantitative estimate of drug-likeness (QED) is 0.893. The molecule has 0 aromatic heterocycles. The van der Waals surface area contributed by atoms with Crippen LogP contribution in [0, 0.1) is 0 Å². The minimum absolute atomic E-state index is 0.116. The summed E-state index contributed by atoms with van der Waals surface area (Å²) in [5.74, 6) is 0.663. The highest BCUT2D eigenvalue weighted by Crippen LogP contribution is 2.24. The molecule has 1 N–H and O–H groups in total. The van der Waals surface area contributed by atoms with Crippen LogP contribution in [0.1, 0.15) is 27.7 Å². The Morgan fingerprint density at radius 3 is 2.44 bits per heavy atom. The zero-order valence-corrected chi connectivity index (χ0v) is 11.8. The fourth-order valence-electron chi connectivity index (χ4n) is 1.85. The van der Waals surface area contributed by atoms with Crippen LogP contribution >= 0.6 is 0 Å². The van der Waals surface area contributed by atoms with E-state index in [4.69, 9.17) is 4.74 Å². The Labute approximate surface area is 109 Å². The van der Waals surface area contributed by atoms with Crippen LogP contribution < -0.4 is 10.1 Å². The largest absolute Gasteiger partial charge is 0.495 e. The van der Waals surface area contributed by atoms with Gasteiger partial charge in [0.25, 0.3) is 0 Å². The highest BCUT2D eigenvalue weighted by Gasteiger charge is 2.25. The maximum absolute atomic E-state index is 12.2. The van der Waals surface area contributed by atoms with E-state index < -0.39 is 0 Å². The lowest BCUT2D eigenvalue weighted by Gasteiger charge is -2.34. The van der Waals surface area contributed by atoms with Crippen molar-refractivity contribution < 1.29 is 9.53 Å². The van der Waals surface area contributed by atoms with Gasteiger partial charge < -0.3 is 15.0 Å². The number of hydrogen-bond acceptors (Lipinski definition) is 2. The number of nitrogens with zero attached hydrogens (tertiary/aromatic N) is 1. The summed E-state index contributed by atoms with van der Waals surface area (Å²) in [5, 5.41) is 2.88. The van der Waals surface area contributed by atoms with Gasteiger partial charge in [0.05, 0.1) is 12.8 Å². The van der Waals surface area contributed by atoms with Crippen LogP contribution in [0.25, 0.3) is 0 Å². The molecule has 4 heteroatoms. The van der Waals surface area contributed by atoms with E-state index in [0.717, 1.165) is 0 Å². The molecule has 0 saturated carbocycles. The zero-order chi connectivity index (χ0) is 13.8. The number of rotatable bonds is 3. The van der Waals surface area contributed by atoms with Crippen molar-refractivity contribution in [2.24, 2.45) is 0 Å². The van der Waals surface area contributed by atoms with Gasteiger partial charge in [-0.05, 0) is 39.8 Å². The van der Waals surface area contributed by atoms with E-state index in [1.807, 2.05) is 52.0 Å². The van der Waals surface area contributed by atoms with Gasteiger partial charge in [-0.25, -0.2) is 4.79 Å². The summed E-state index contributed by atoms with van der Waals surface area (Å²) in [6.07, 6.45) is 0. The number of benzene rings is 1. The Balaban J connectivity index is 2.87. The first-order chi connectivity index (χ1) is 8.40. The third-order valence-electron chi connectivity index (χ3n) is 2.72. The number of nitrogens with one attached hydrogen (secondary N) is 1. The van der Waals surface area contributed by atoms with Crippen molar-refractivity contribution in [2.75, 3.05) is 19.0 Å². The van der Waals surface area contributed by atoms with Crippen LogP contribution in [0.15, 0.2) is 24.3 Å². The predicted molar refractivity (Wildman–Crippen MR) is 74.1 cm³/mol. The molecule has 1 rings (SSSR count). The first-order valence-electron chi connectivity index (χ1n) is 6.11. The van der Waals surface area contributed by atoms with Crippen LogP contribution in [0.4, 0.5) is 10.5 Å². The molecule has 2 amide bonds. The zero-order valence-electron chi connectivity index (χ0n) is 11.8. The van der Waals surface area contributed by atoms with Gasteiger partial charge in [0.15, 0.2) is 0 Å². The van der Waals surface area contributed by atoms with E-state index in [0.29, 0.717) is 18.0 Å². The minimum atomic E-state index is -0.207. The van der Waals surface area contributed by atoms with E-state index in [2.05, 4.69) is 5.32 Å². The normalized spacial score (nSPS) is 10.9. The van der Waals surface area contributed by atoms with E-state index in [1.54, 1.807) is 12.0 Å². The molecule has 0 spiro atoms. The second-order valence-electron chi connectivity index (χ2n) is 5.05. The smallest absolute Gasteiger partial charge is 0.322 e. The molecule has 0 aliphatic rings. The van der Waals surface area contributed by atoms with E-state index in [1.165, 1.54) is 0 Å². The van der Waals surface area contributed by atoms with Gasteiger partial charge in [-0.3, -0.25) is 0 Å². The molecule has 0 bridgehead atoms. The van der Waals surface area contributed by atoms with Crippen molar-refractivity contribution >= 4 is 11.7 Å². The lowest BCUT2D eigenvalue weighted by molar-refractivity contribution is 0.162. The van der Waals surface area contributed by atoms with E-state index in [-0.39, 0.29) is 11.6 Å². The van der Waals surface area contributed by atoms with Gasteiger partial charge in [0.2, 0.25) is 0 Å². The molecule has 0 fully saturated rings. The number of methoxy groups -OCH3 is 1. The first-order valence-corrected chi connectivity index (χ1v) is 6.11. The molecule has 0 radical (unpaired) electrons. The molecule has 0 unspecified atom stereocenters. The minimum Gasteiger partial charge on any atom is -0.495 e. The molecule has 1 aromatic rings. The molecule has 0 aliphatic carbocycles. The van der Waals surface area contributed by atoms with Gasteiger partial charge in [0.1, 0.15) is 5.75 Å². The topological polar surface area (TPSA) is 41.6 Å². The number of anilines is 1. The standard InChI is InChI=1S/C14H22N2O2/c1-6-16(14(2,3)4)13(17)15-11-9-7-8-10-12(11)18-5/h7-10H,6H2,1-5H3,(H,15,17).